The number of fused-ring (bicyclic) bond motifs is 10. The van der Waals surface area contributed by atoms with E-state index in [4.69, 9.17) is 61.6 Å². The van der Waals surface area contributed by atoms with Crippen LogP contribution in [-0.4, -0.2) is 70.5 Å². The fourth-order valence-electron chi connectivity index (χ4n) is 12.8. The molecule has 17 rings (SSSR count). The summed E-state index contributed by atoms with van der Waals surface area (Å²) in [5.74, 6) is 12.2. The molecule has 0 aromatic heterocycles. The molecule has 13 nitrogen and oxygen atoms in total. The van der Waals surface area contributed by atoms with Gasteiger partial charge in [0.1, 0.15) is 37.3 Å². The SMILES string of the molecule is CC.CC.CC.CC.CC.CC.CC.CC.CC.CC.CC(C)(C)C1CCc2ccccc2O1.CC(C)(C)C1COc2cc3ccccc3cc2O1.CC(C)(C)C1COc2cc3ccccc3cc2OC1.CC(C)(C)C1COc2ccccc2O1.CC(C)(C)C1COc2ccccc2OC1.CC(C)(C)C1Oc2cc3ccccc3cc2O1.CC(C)(C)C1Oc2ccccc2O1. The maximum atomic E-state index is 6.08. The Morgan fingerprint density at radius 3 is 0.677 bits per heavy atom. The number of para-hydroxylation sites is 7. The molecule has 0 radical (unpaired) electrons. The molecule has 7 aliphatic rings. The van der Waals surface area contributed by atoms with Crippen molar-refractivity contribution in [2.75, 3.05) is 39.6 Å². The van der Waals surface area contributed by atoms with Crippen molar-refractivity contribution in [3.8, 4) is 74.7 Å². The first kappa shape index (κ1) is 118. The van der Waals surface area contributed by atoms with Crippen LogP contribution in [0.4, 0.5) is 0 Å². The molecule has 0 spiro atoms. The summed E-state index contributed by atoms with van der Waals surface area (Å²) in [6, 6.07) is 69.0. The molecular formula is C117H180O13. The van der Waals surface area contributed by atoms with Crippen molar-refractivity contribution < 1.29 is 61.6 Å². The van der Waals surface area contributed by atoms with Gasteiger partial charge in [-0.2, -0.15) is 0 Å². The van der Waals surface area contributed by atoms with Crippen LogP contribution in [0.2, 0.25) is 0 Å². The highest BCUT2D eigenvalue weighted by molar-refractivity contribution is 5.88. The maximum Gasteiger partial charge on any atom is 0.246 e. The van der Waals surface area contributed by atoms with Gasteiger partial charge >= 0.3 is 0 Å². The van der Waals surface area contributed by atoms with Gasteiger partial charge in [-0.25, -0.2) is 0 Å². The Bertz CT molecular complexity index is 4470. The van der Waals surface area contributed by atoms with E-state index in [1.54, 1.807) is 0 Å². The zero-order chi connectivity index (χ0) is 99.0. The van der Waals surface area contributed by atoms with Gasteiger partial charge < -0.3 is 61.6 Å². The van der Waals surface area contributed by atoms with Crippen LogP contribution in [0, 0.1) is 49.7 Å². The molecule has 10 aromatic carbocycles. The van der Waals surface area contributed by atoms with Crippen molar-refractivity contribution in [3.63, 3.8) is 0 Å². The highest BCUT2D eigenvalue weighted by Crippen LogP contribution is 2.46. The molecule has 7 heterocycles. The number of ether oxygens (including phenoxy) is 13. The molecule has 0 N–H and O–H groups in total. The third-order valence-electron chi connectivity index (χ3n) is 20.7. The summed E-state index contributed by atoms with van der Waals surface area (Å²) in [7, 11) is 0. The number of hydrogen-bond donors (Lipinski definition) is 0. The molecule has 13 heteroatoms. The second-order valence-corrected chi connectivity index (χ2v) is 37.2. The van der Waals surface area contributed by atoms with Gasteiger partial charge in [-0.05, 0) is 146 Å². The second kappa shape index (κ2) is 59.0. The smallest absolute Gasteiger partial charge is 0.246 e. The van der Waals surface area contributed by atoms with Crippen LogP contribution in [0.5, 0.6) is 74.7 Å². The lowest BCUT2D eigenvalue weighted by molar-refractivity contribution is -0.0396. The quantitative estimate of drug-likeness (QED) is 0.143. The molecule has 10 aromatic rings. The largest absolute Gasteiger partial charge is 0.490 e. The summed E-state index contributed by atoms with van der Waals surface area (Å²) in [6.07, 6.45) is 2.53. The first-order valence-electron chi connectivity index (χ1n) is 49.3. The Morgan fingerprint density at radius 1 is 0.185 bits per heavy atom. The molecule has 0 amide bonds. The van der Waals surface area contributed by atoms with Crippen LogP contribution in [0.1, 0.15) is 296 Å². The first-order chi connectivity index (χ1) is 61.9. The van der Waals surface area contributed by atoms with Crippen molar-refractivity contribution in [2.24, 2.45) is 49.7 Å². The Kier molecular flexibility index (Phi) is 53.7. The van der Waals surface area contributed by atoms with Crippen LogP contribution in [0.15, 0.2) is 206 Å². The molecule has 0 aliphatic carbocycles. The Labute approximate surface area is 792 Å². The predicted molar refractivity (Wildman–Crippen MR) is 559 cm³/mol. The number of rotatable bonds is 0. The van der Waals surface area contributed by atoms with E-state index in [0.29, 0.717) is 31.2 Å². The van der Waals surface area contributed by atoms with Crippen LogP contribution < -0.4 is 61.6 Å². The van der Waals surface area contributed by atoms with Gasteiger partial charge in [0, 0.05) is 33.5 Å². The highest BCUT2D eigenvalue weighted by Gasteiger charge is 2.39. The van der Waals surface area contributed by atoms with Crippen molar-refractivity contribution in [1.82, 2.24) is 0 Å². The summed E-state index contributed by atoms with van der Waals surface area (Å²) in [4.78, 5) is 0. The molecule has 3 unspecified atom stereocenters. The van der Waals surface area contributed by atoms with Gasteiger partial charge in [-0.3, -0.25) is 0 Å². The van der Waals surface area contributed by atoms with Gasteiger partial charge in [0.2, 0.25) is 12.6 Å². The van der Waals surface area contributed by atoms with E-state index >= 15 is 0 Å². The lowest BCUT2D eigenvalue weighted by Crippen LogP contribution is -2.39. The average molecular weight is 1790 g/mol. The van der Waals surface area contributed by atoms with Crippen molar-refractivity contribution in [3.05, 3.63) is 212 Å². The summed E-state index contributed by atoms with van der Waals surface area (Å²) >= 11 is 0. The third-order valence-corrected chi connectivity index (χ3v) is 20.7. The number of aryl methyl sites for hydroxylation is 1. The van der Waals surface area contributed by atoms with Crippen LogP contribution >= 0.6 is 0 Å². The molecule has 130 heavy (non-hydrogen) atoms. The zero-order valence-electron chi connectivity index (χ0n) is 89.1. The van der Waals surface area contributed by atoms with Gasteiger partial charge in [0.05, 0.1) is 26.4 Å². The van der Waals surface area contributed by atoms with E-state index in [0.717, 1.165) is 114 Å². The minimum atomic E-state index is -0.200. The van der Waals surface area contributed by atoms with Crippen LogP contribution in [-0.2, 0) is 6.42 Å². The number of benzene rings is 10. The second-order valence-electron chi connectivity index (χ2n) is 37.2. The Hall–Kier alpha value is -9.62. The standard InChI is InChI=1S/C17H20O2.C16H18O2.C15H16O2.C13H18O2.C13H18O.C12H16O2.C11H14O2.10C2H6/c1-17(2,3)14-10-18-15-8-12-6-4-5-7-13(12)9-16(15)19-11-14;1-16(2,3)15-10-17-13-8-11-6-4-5-7-12(11)9-14(13)18-15;1-15(2,3)14-16-12-8-10-6-4-5-7-11(10)9-13(12)17-14;1-13(2,3)10-8-14-11-6-4-5-7-12(11)15-9-10;1-13(2,3)12-9-8-10-6-4-5-7-11(10)14-12;1-12(2,3)11-8-13-9-6-4-5-7-10(9)14-11;1-11(2,3)10-12-8-6-4-5-7-9(8)13-10;10*1-2/h4-9,14H,10-11H2,1-3H3;4-9,15H,10H2,1-3H3;4-9,14H,1-3H3;4-7,10H,8-9H2,1-3H3;4-7,12H,8-9H2,1-3H3;4-7,11H,8H2,1-3H3;4-7,10H,1-3H3;10*1-2H3. The number of hydrogen-bond acceptors (Lipinski definition) is 13. The zero-order valence-corrected chi connectivity index (χ0v) is 89.1. The first-order valence-corrected chi connectivity index (χ1v) is 49.3. The minimum Gasteiger partial charge on any atom is -0.490 e. The van der Waals surface area contributed by atoms with Crippen LogP contribution in [0.3, 0.4) is 0 Å². The summed E-state index contributed by atoms with van der Waals surface area (Å²) < 4.78 is 75.9. The minimum absolute atomic E-state index is 0.0129. The Morgan fingerprint density at radius 2 is 0.385 bits per heavy atom. The fourth-order valence-corrected chi connectivity index (χ4v) is 12.8. The maximum absolute atomic E-state index is 6.08. The average Bonchev–Trinajstić information content (AvgIpc) is 1.75. The van der Waals surface area contributed by atoms with Crippen molar-refractivity contribution in [2.45, 2.75) is 328 Å². The van der Waals surface area contributed by atoms with E-state index < -0.39 is 0 Å². The summed E-state index contributed by atoms with van der Waals surface area (Å²) in [5.41, 5.74) is 2.21. The lowest BCUT2D eigenvalue weighted by Gasteiger charge is -2.35. The Balaban J connectivity index is 0.000000735. The predicted octanol–water partition coefficient (Wildman–Crippen LogP) is 34.8. The molecule has 0 saturated heterocycles. The van der Waals surface area contributed by atoms with E-state index in [9.17, 15) is 0 Å². The molecule has 7 aliphatic heterocycles. The monoisotopic (exact) mass is 1790 g/mol. The van der Waals surface area contributed by atoms with E-state index in [-0.39, 0.29) is 62.7 Å². The van der Waals surface area contributed by atoms with E-state index in [1.807, 2.05) is 254 Å². The van der Waals surface area contributed by atoms with Crippen molar-refractivity contribution in [1.29, 1.82) is 0 Å². The van der Waals surface area contributed by atoms with Crippen molar-refractivity contribution >= 4 is 32.3 Å². The fraction of sp³-hybridized carbons (Fsp3) is 0.538. The normalized spacial score (nSPS) is 15.6. The van der Waals surface area contributed by atoms with Crippen LogP contribution in [0.25, 0.3) is 32.3 Å². The van der Waals surface area contributed by atoms with Gasteiger partial charge in [0.25, 0.3) is 0 Å². The lowest BCUT2D eigenvalue weighted by atomic mass is 9.82. The summed E-state index contributed by atoms with van der Waals surface area (Å²) in [5, 5.41) is 7.13. The summed E-state index contributed by atoms with van der Waals surface area (Å²) in [6.45, 7) is 89.9. The van der Waals surface area contributed by atoms with Gasteiger partial charge in [-0.15, -0.1) is 0 Å². The highest BCUT2D eigenvalue weighted by atomic mass is 16.7. The third kappa shape index (κ3) is 37.6. The van der Waals surface area contributed by atoms with Gasteiger partial charge in [-0.1, -0.05) is 411 Å². The van der Waals surface area contributed by atoms with E-state index in [2.05, 4.69) is 236 Å². The molecular weight excluding hydrogens is 1610 g/mol. The molecule has 0 bridgehead atoms. The molecule has 0 saturated carbocycles. The van der Waals surface area contributed by atoms with E-state index in [1.165, 1.54) is 37.9 Å². The molecule has 726 valence electrons. The topological polar surface area (TPSA) is 120 Å². The molecule has 3 atom stereocenters. The van der Waals surface area contributed by atoms with Gasteiger partial charge in [0.15, 0.2) is 69.0 Å². The molecule has 0 fully saturated rings.